The Hall–Kier alpha value is -1.61. The minimum atomic E-state index is -4.81. The second kappa shape index (κ2) is 5.83. The molecule has 3 N–H and O–H groups in total. The van der Waals surface area contributed by atoms with E-state index in [-0.39, 0.29) is 6.61 Å². The summed E-state index contributed by atoms with van der Waals surface area (Å²) in [4.78, 5) is 11.1. The van der Waals surface area contributed by atoms with Gasteiger partial charge in [0, 0.05) is 7.11 Å². The fraction of sp³-hybridized carbons (Fsp3) is 0.556. The van der Waals surface area contributed by atoms with Gasteiger partial charge in [0.1, 0.15) is 5.56 Å². The number of aromatic nitrogens is 2. The van der Waals surface area contributed by atoms with Crippen molar-refractivity contribution in [2.75, 3.05) is 25.6 Å². The van der Waals surface area contributed by atoms with Crippen LogP contribution in [0.2, 0.25) is 0 Å². The van der Waals surface area contributed by atoms with Gasteiger partial charge in [0.15, 0.2) is 0 Å². The number of nitrogens with one attached hydrogen (secondary N) is 2. The van der Waals surface area contributed by atoms with Crippen LogP contribution in [0.3, 0.4) is 0 Å². The summed E-state index contributed by atoms with van der Waals surface area (Å²) in [5.74, 6) is 0. The number of rotatable bonds is 5. The van der Waals surface area contributed by atoms with E-state index in [1.165, 1.54) is 7.11 Å². The second-order valence-corrected chi connectivity index (χ2v) is 3.46. The molecule has 0 saturated heterocycles. The molecule has 1 aromatic heterocycles. The fourth-order valence-electron chi connectivity index (χ4n) is 1.35. The van der Waals surface area contributed by atoms with E-state index in [2.05, 4.69) is 10.4 Å². The van der Waals surface area contributed by atoms with E-state index in [0.29, 0.717) is 0 Å². The highest BCUT2D eigenvalue weighted by Crippen LogP contribution is 2.31. The van der Waals surface area contributed by atoms with Gasteiger partial charge >= 0.3 is 6.18 Å². The molecule has 0 aliphatic rings. The number of ether oxygens (including phenoxy) is 1. The van der Waals surface area contributed by atoms with Crippen molar-refractivity contribution in [2.24, 2.45) is 0 Å². The van der Waals surface area contributed by atoms with Crippen molar-refractivity contribution < 1.29 is 23.0 Å². The molecule has 0 unspecified atom stereocenters. The van der Waals surface area contributed by atoms with Crippen LogP contribution < -0.4 is 10.9 Å². The Morgan fingerprint density at radius 2 is 2.28 bits per heavy atom. The van der Waals surface area contributed by atoms with Crippen LogP contribution in [0, 0.1) is 0 Å². The molecular weight excluding hydrogens is 255 g/mol. The lowest BCUT2D eigenvalue weighted by Gasteiger charge is -2.18. The molecular formula is C9H12F3N3O3. The molecule has 102 valence electrons. The van der Waals surface area contributed by atoms with Gasteiger partial charge in [-0.1, -0.05) is 0 Å². The lowest BCUT2D eigenvalue weighted by molar-refractivity contribution is -0.138. The van der Waals surface area contributed by atoms with Crippen molar-refractivity contribution in [1.82, 2.24) is 10.2 Å². The van der Waals surface area contributed by atoms with Gasteiger partial charge in [0.2, 0.25) is 0 Å². The van der Waals surface area contributed by atoms with Gasteiger partial charge in [-0.3, -0.25) is 4.79 Å². The number of H-pyrrole nitrogens is 1. The van der Waals surface area contributed by atoms with Crippen molar-refractivity contribution in [3.8, 4) is 0 Å². The molecule has 1 aromatic rings. The summed E-state index contributed by atoms with van der Waals surface area (Å²) in [6.45, 7) is -0.460. The highest BCUT2D eigenvalue weighted by Gasteiger charge is 2.37. The van der Waals surface area contributed by atoms with Crippen molar-refractivity contribution >= 4 is 5.69 Å². The van der Waals surface area contributed by atoms with Crippen LogP contribution in [0.4, 0.5) is 18.9 Å². The van der Waals surface area contributed by atoms with E-state index in [4.69, 9.17) is 9.84 Å². The molecule has 0 aliphatic heterocycles. The van der Waals surface area contributed by atoms with Crippen LogP contribution >= 0.6 is 0 Å². The SMILES string of the molecule is COC[C@@H](CO)Nc1cn[nH]c(=O)c1C(F)(F)F. The van der Waals surface area contributed by atoms with Gasteiger partial charge in [-0.15, -0.1) is 0 Å². The summed E-state index contributed by atoms with van der Waals surface area (Å²) in [7, 11) is 1.34. The summed E-state index contributed by atoms with van der Waals surface area (Å²) in [6.07, 6.45) is -3.98. The van der Waals surface area contributed by atoms with E-state index >= 15 is 0 Å². The zero-order valence-electron chi connectivity index (χ0n) is 9.41. The number of nitrogens with zero attached hydrogens (tertiary/aromatic N) is 1. The van der Waals surface area contributed by atoms with Crippen molar-refractivity contribution in [3.63, 3.8) is 0 Å². The molecule has 6 nitrogen and oxygen atoms in total. The van der Waals surface area contributed by atoms with Crippen LogP contribution in [0.5, 0.6) is 0 Å². The first kappa shape index (κ1) is 14.5. The van der Waals surface area contributed by atoms with Gasteiger partial charge in [-0.25, -0.2) is 5.10 Å². The zero-order chi connectivity index (χ0) is 13.8. The topological polar surface area (TPSA) is 87.2 Å². The summed E-state index contributed by atoms with van der Waals surface area (Å²) >= 11 is 0. The maximum atomic E-state index is 12.7. The van der Waals surface area contributed by atoms with Crippen molar-refractivity contribution in [1.29, 1.82) is 0 Å². The number of methoxy groups -OCH3 is 1. The quantitative estimate of drug-likeness (QED) is 0.709. The van der Waals surface area contributed by atoms with Crippen LogP contribution in [0.1, 0.15) is 5.56 Å². The molecule has 0 spiro atoms. The first-order valence-electron chi connectivity index (χ1n) is 4.91. The first-order chi connectivity index (χ1) is 8.40. The van der Waals surface area contributed by atoms with E-state index in [9.17, 15) is 18.0 Å². The molecule has 9 heteroatoms. The number of anilines is 1. The smallest absolute Gasteiger partial charge is 0.394 e. The summed E-state index contributed by atoms with van der Waals surface area (Å²) in [5.41, 5.74) is -3.23. The van der Waals surface area contributed by atoms with E-state index in [1.54, 1.807) is 5.10 Å². The lowest BCUT2D eigenvalue weighted by Crippen LogP contribution is -2.32. The summed E-state index contributed by atoms with van der Waals surface area (Å²) < 4.78 is 42.7. The number of hydrogen-bond acceptors (Lipinski definition) is 5. The standard InChI is InChI=1S/C9H12F3N3O3/c1-18-4-5(3-16)14-6-2-13-15-8(17)7(6)9(10,11)12/h2,5,16H,3-4H2,1H3,(H2,14,15,17)/t5-/m1/s1. The monoisotopic (exact) mass is 267 g/mol. The molecule has 18 heavy (non-hydrogen) atoms. The normalized spacial score (nSPS) is 13.4. The molecule has 1 rings (SSSR count). The Bertz CT molecular complexity index is 447. The number of aromatic amines is 1. The Morgan fingerprint density at radius 1 is 1.61 bits per heavy atom. The Kier molecular flexibility index (Phi) is 4.68. The number of hydrogen-bond donors (Lipinski definition) is 3. The van der Waals surface area contributed by atoms with Crippen molar-refractivity contribution in [2.45, 2.75) is 12.2 Å². The largest absolute Gasteiger partial charge is 0.423 e. The van der Waals surface area contributed by atoms with E-state index in [1.807, 2.05) is 0 Å². The number of aliphatic hydroxyl groups excluding tert-OH is 1. The average molecular weight is 267 g/mol. The van der Waals surface area contributed by atoms with Crippen LogP contribution in [0.25, 0.3) is 0 Å². The maximum Gasteiger partial charge on any atom is 0.423 e. The third-order valence-electron chi connectivity index (χ3n) is 2.09. The molecule has 0 aliphatic carbocycles. The van der Waals surface area contributed by atoms with Gasteiger partial charge in [0.05, 0.1) is 31.1 Å². The minimum Gasteiger partial charge on any atom is -0.394 e. The fourth-order valence-corrected chi connectivity index (χ4v) is 1.35. The molecule has 1 atom stereocenters. The predicted octanol–water partition coefficient (Wildman–Crippen LogP) is 0.208. The van der Waals surface area contributed by atoms with Gasteiger partial charge in [0.25, 0.3) is 5.56 Å². The third kappa shape index (κ3) is 3.44. The molecule has 0 radical (unpaired) electrons. The molecule has 0 bridgehead atoms. The Labute approximate surface area is 99.8 Å². The number of aliphatic hydroxyl groups is 1. The number of alkyl halides is 3. The summed E-state index contributed by atoms with van der Waals surface area (Å²) in [6, 6.07) is -0.764. The highest BCUT2D eigenvalue weighted by atomic mass is 19.4. The average Bonchev–Trinajstić information content (AvgIpc) is 2.26. The Balaban J connectivity index is 3.09. The Morgan fingerprint density at radius 3 is 2.78 bits per heavy atom. The second-order valence-electron chi connectivity index (χ2n) is 3.46. The molecule has 1 heterocycles. The van der Waals surface area contributed by atoms with Crippen LogP contribution in [-0.4, -0.2) is 41.7 Å². The molecule has 0 aromatic carbocycles. The zero-order valence-corrected chi connectivity index (χ0v) is 9.41. The van der Waals surface area contributed by atoms with E-state index < -0.39 is 35.6 Å². The van der Waals surface area contributed by atoms with E-state index in [0.717, 1.165) is 6.20 Å². The third-order valence-corrected chi connectivity index (χ3v) is 2.09. The molecule has 0 fully saturated rings. The van der Waals surface area contributed by atoms with Crippen LogP contribution in [0.15, 0.2) is 11.0 Å². The highest BCUT2D eigenvalue weighted by molar-refractivity contribution is 5.50. The first-order valence-corrected chi connectivity index (χ1v) is 4.91. The number of halogens is 3. The lowest BCUT2D eigenvalue weighted by atomic mass is 10.2. The van der Waals surface area contributed by atoms with Crippen LogP contribution in [-0.2, 0) is 10.9 Å². The maximum absolute atomic E-state index is 12.7. The van der Waals surface area contributed by atoms with Crippen molar-refractivity contribution in [3.05, 3.63) is 22.1 Å². The van der Waals surface area contributed by atoms with Gasteiger partial charge < -0.3 is 15.2 Å². The predicted molar refractivity (Wildman–Crippen MR) is 56.2 cm³/mol. The minimum absolute atomic E-state index is 0.0133. The molecule has 0 amide bonds. The van der Waals surface area contributed by atoms with Gasteiger partial charge in [-0.05, 0) is 0 Å². The summed E-state index contributed by atoms with van der Waals surface area (Å²) in [5, 5.41) is 16.3. The van der Waals surface area contributed by atoms with Gasteiger partial charge in [-0.2, -0.15) is 18.3 Å². The molecule has 0 saturated carbocycles.